The molecule has 0 saturated carbocycles. The van der Waals surface area contributed by atoms with Gasteiger partial charge in [-0.15, -0.1) is 0 Å². The molecule has 6 atom stereocenters. The fourth-order valence-corrected chi connectivity index (χ4v) is 7.20. The van der Waals surface area contributed by atoms with Crippen molar-refractivity contribution in [3.05, 3.63) is 0 Å². The van der Waals surface area contributed by atoms with Crippen molar-refractivity contribution in [2.24, 2.45) is 0 Å². The van der Waals surface area contributed by atoms with Crippen molar-refractivity contribution in [2.45, 2.75) is 205 Å². The van der Waals surface area contributed by atoms with Crippen LogP contribution in [0.1, 0.15) is 169 Å². The summed E-state index contributed by atoms with van der Waals surface area (Å²) in [5, 5.41) is 47.8. The lowest BCUT2D eigenvalue weighted by molar-refractivity contribution is -0.152. The molecule has 0 aromatic carbocycles. The number of ether oxygens (including phenoxy) is 2. The van der Waals surface area contributed by atoms with Gasteiger partial charge >= 0.3 is 11.9 Å². The van der Waals surface area contributed by atoms with E-state index in [0.717, 1.165) is 103 Å². The molecule has 1 rings (SSSR count). The predicted octanol–water partition coefficient (Wildman–Crippen LogP) is 4.77. The van der Waals surface area contributed by atoms with E-state index in [-0.39, 0.29) is 39.1 Å². The maximum absolute atomic E-state index is 12.8. The van der Waals surface area contributed by atoms with E-state index < -0.39 is 60.3 Å². The molecular formula is C44H84N4O10. The van der Waals surface area contributed by atoms with Crippen LogP contribution in [0.2, 0.25) is 0 Å². The predicted molar refractivity (Wildman–Crippen MR) is 227 cm³/mol. The number of hydrogen-bond acceptors (Lipinski definition) is 12. The summed E-state index contributed by atoms with van der Waals surface area (Å²) in [4.78, 5) is 54.9. The lowest BCUT2D eigenvalue weighted by Crippen LogP contribution is -2.64. The molecule has 0 aromatic heterocycles. The normalized spacial score (nSPS) is 17.8. The standard InChI is InChI=1S/C44H84N4O10/c1-5-9-13-17-21-35(49)29-47(30-36(50)22-18-14-10-6-2)27-25-41(53)57-33-39-43(55)46-40(44(56)45-39)34-58-42(54)26-28-48(31-37(51)23-19-15-11-7-3)32-38(52)24-20-16-12-8-4/h35-40,49-52H,5-34H2,1-4H3,(H,45,56)(H,46,55). The molecule has 58 heavy (non-hydrogen) atoms. The van der Waals surface area contributed by atoms with Crippen molar-refractivity contribution < 1.29 is 49.1 Å². The molecule has 340 valence electrons. The van der Waals surface area contributed by atoms with Crippen LogP contribution in [0.4, 0.5) is 0 Å². The van der Waals surface area contributed by atoms with Crippen LogP contribution in [0.3, 0.4) is 0 Å². The van der Waals surface area contributed by atoms with Crippen LogP contribution in [0, 0.1) is 0 Å². The summed E-state index contributed by atoms with van der Waals surface area (Å²) in [6.45, 7) is 9.68. The van der Waals surface area contributed by atoms with Crippen molar-refractivity contribution in [3.63, 3.8) is 0 Å². The minimum Gasteiger partial charge on any atom is -0.463 e. The van der Waals surface area contributed by atoms with Gasteiger partial charge in [0.05, 0.1) is 37.3 Å². The van der Waals surface area contributed by atoms with E-state index in [4.69, 9.17) is 9.47 Å². The quantitative estimate of drug-likeness (QED) is 0.0369. The van der Waals surface area contributed by atoms with E-state index in [1.54, 1.807) is 0 Å². The minimum atomic E-state index is -1.11. The number of rotatable bonds is 38. The molecule has 6 unspecified atom stereocenters. The molecule has 1 aliphatic heterocycles. The third-order valence-corrected chi connectivity index (χ3v) is 10.8. The van der Waals surface area contributed by atoms with Crippen LogP contribution in [0.25, 0.3) is 0 Å². The summed E-state index contributed by atoms with van der Waals surface area (Å²) in [7, 11) is 0. The van der Waals surface area contributed by atoms with Crippen LogP contribution < -0.4 is 10.6 Å². The van der Waals surface area contributed by atoms with Gasteiger partial charge in [0.15, 0.2) is 0 Å². The van der Waals surface area contributed by atoms with Crippen molar-refractivity contribution >= 4 is 23.8 Å². The summed E-state index contributed by atoms with van der Waals surface area (Å²) < 4.78 is 10.7. The van der Waals surface area contributed by atoms with E-state index in [0.29, 0.717) is 51.9 Å². The van der Waals surface area contributed by atoms with Crippen LogP contribution in [0.5, 0.6) is 0 Å². The smallest absolute Gasteiger partial charge is 0.307 e. The van der Waals surface area contributed by atoms with Crippen LogP contribution in [-0.2, 0) is 28.7 Å². The highest BCUT2D eigenvalue weighted by Gasteiger charge is 2.35. The van der Waals surface area contributed by atoms with E-state index in [1.165, 1.54) is 0 Å². The second kappa shape index (κ2) is 34.4. The fraction of sp³-hybridized carbons (Fsp3) is 0.909. The molecule has 14 nitrogen and oxygen atoms in total. The molecule has 1 heterocycles. The van der Waals surface area contributed by atoms with Crippen LogP contribution in [-0.4, -0.2) is 143 Å². The molecule has 1 aliphatic rings. The molecule has 14 heteroatoms. The van der Waals surface area contributed by atoms with Gasteiger partial charge in [0, 0.05) is 39.3 Å². The third kappa shape index (κ3) is 27.4. The number of amides is 2. The molecule has 1 fully saturated rings. The highest BCUT2D eigenvalue weighted by Crippen LogP contribution is 2.13. The minimum absolute atomic E-state index is 0.0146. The Kier molecular flexibility index (Phi) is 31.8. The number of carbonyl (C=O) groups excluding carboxylic acids is 4. The fourth-order valence-electron chi connectivity index (χ4n) is 7.20. The Morgan fingerprint density at radius 3 is 1.03 bits per heavy atom. The Hall–Kier alpha value is -2.36. The monoisotopic (exact) mass is 829 g/mol. The molecule has 0 aliphatic carbocycles. The molecule has 1 saturated heterocycles. The van der Waals surface area contributed by atoms with Gasteiger partial charge < -0.3 is 40.5 Å². The lowest BCUT2D eigenvalue weighted by atomic mass is 10.1. The number of nitrogens with zero attached hydrogens (tertiary/aromatic N) is 2. The molecule has 0 aromatic rings. The zero-order chi connectivity index (χ0) is 43.0. The zero-order valence-corrected chi connectivity index (χ0v) is 36.8. The maximum atomic E-state index is 12.8. The van der Waals surface area contributed by atoms with Crippen molar-refractivity contribution in [2.75, 3.05) is 52.5 Å². The van der Waals surface area contributed by atoms with Gasteiger partial charge in [0.25, 0.3) is 0 Å². The second-order valence-electron chi connectivity index (χ2n) is 16.5. The van der Waals surface area contributed by atoms with Gasteiger partial charge in [0.2, 0.25) is 11.8 Å². The number of nitrogens with one attached hydrogen (secondary N) is 2. The molecule has 0 bridgehead atoms. The topological polar surface area (TPSA) is 198 Å². The number of piperazine rings is 1. The third-order valence-electron chi connectivity index (χ3n) is 10.8. The lowest BCUT2D eigenvalue weighted by Gasteiger charge is -2.29. The highest BCUT2D eigenvalue weighted by atomic mass is 16.5. The largest absolute Gasteiger partial charge is 0.463 e. The van der Waals surface area contributed by atoms with Gasteiger partial charge in [0.1, 0.15) is 25.3 Å². The first kappa shape index (κ1) is 53.7. The summed E-state index contributed by atoms with van der Waals surface area (Å²) in [6.07, 6.45) is 17.0. The van der Waals surface area contributed by atoms with Gasteiger partial charge in [-0.25, -0.2) is 0 Å². The SMILES string of the molecule is CCCCCCC(O)CN(CCC(=O)OCC1NC(=O)C(COC(=O)CCN(CC(O)CCCCCC)CC(O)CCCCCC)NC1=O)CC(O)CCCCCC. The number of esters is 2. The first-order chi connectivity index (χ1) is 27.9. The van der Waals surface area contributed by atoms with Crippen molar-refractivity contribution in [3.8, 4) is 0 Å². The average Bonchev–Trinajstić information content (AvgIpc) is 3.19. The van der Waals surface area contributed by atoms with Crippen LogP contribution in [0.15, 0.2) is 0 Å². The van der Waals surface area contributed by atoms with E-state index >= 15 is 0 Å². The van der Waals surface area contributed by atoms with Gasteiger partial charge in [-0.1, -0.05) is 130 Å². The maximum Gasteiger partial charge on any atom is 0.307 e. The number of unbranched alkanes of at least 4 members (excludes halogenated alkanes) is 12. The Morgan fingerprint density at radius 2 is 0.776 bits per heavy atom. The first-order valence-electron chi connectivity index (χ1n) is 23.0. The van der Waals surface area contributed by atoms with Gasteiger partial charge in [-0.05, 0) is 25.7 Å². The number of aliphatic hydroxyl groups is 4. The number of hydrogen-bond donors (Lipinski definition) is 6. The highest BCUT2D eigenvalue weighted by molar-refractivity contribution is 5.97. The molecule has 2 amide bonds. The van der Waals surface area contributed by atoms with E-state index in [2.05, 4.69) is 38.3 Å². The number of aliphatic hydroxyl groups excluding tert-OH is 4. The van der Waals surface area contributed by atoms with Crippen molar-refractivity contribution in [1.82, 2.24) is 20.4 Å². The van der Waals surface area contributed by atoms with Crippen LogP contribution >= 0.6 is 0 Å². The molecule has 6 N–H and O–H groups in total. The van der Waals surface area contributed by atoms with Crippen molar-refractivity contribution in [1.29, 1.82) is 0 Å². The Morgan fingerprint density at radius 1 is 0.500 bits per heavy atom. The first-order valence-corrected chi connectivity index (χ1v) is 23.0. The Bertz CT molecular complexity index is 963. The van der Waals surface area contributed by atoms with E-state index in [9.17, 15) is 39.6 Å². The number of carbonyl (C=O) groups is 4. The summed E-state index contributed by atoms with van der Waals surface area (Å²) in [5.74, 6) is -2.28. The molecule has 0 radical (unpaired) electrons. The van der Waals surface area contributed by atoms with E-state index in [1.807, 2.05) is 9.80 Å². The molecular weight excluding hydrogens is 745 g/mol. The summed E-state index contributed by atoms with van der Waals surface area (Å²) in [6, 6.07) is -2.21. The van der Waals surface area contributed by atoms with Gasteiger partial charge in [-0.3, -0.25) is 29.0 Å². The Labute approximate surface area is 350 Å². The zero-order valence-electron chi connectivity index (χ0n) is 36.8. The van der Waals surface area contributed by atoms with Gasteiger partial charge in [-0.2, -0.15) is 0 Å². The average molecular weight is 829 g/mol. The Balaban J connectivity index is 2.59. The summed E-state index contributed by atoms with van der Waals surface area (Å²) in [5.41, 5.74) is 0. The molecule has 0 spiro atoms. The summed E-state index contributed by atoms with van der Waals surface area (Å²) >= 11 is 0. The second-order valence-corrected chi connectivity index (χ2v) is 16.5.